The average Bonchev–Trinajstić information content (AvgIpc) is 3.28. The standard InChI is InChI=1S/C21H26N8/c1-23-21-17(13-11-24-28(2)12-13)5-6-18(25-21)19-7-8-20(27-26-19)29-15-3-4-16(29)10-14(22)9-15/h5-8,11-12,14-16H,3-4,9-10,22H2,1-2H3,(H,23,25). The molecular formula is C21H26N8. The van der Waals surface area contributed by atoms with Crippen LogP contribution in [0, 0.1) is 0 Å². The minimum atomic E-state index is 0.318. The average molecular weight is 390 g/mol. The van der Waals surface area contributed by atoms with E-state index >= 15 is 0 Å². The van der Waals surface area contributed by atoms with E-state index in [9.17, 15) is 0 Å². The predicted molar refractivity (Wildman–Crippen MR) is 114 cm³/mol. The number of rotatable bonds is 4. The lowest BCUT2D eigenvalue weighted by Crippen LogP contribution is -2.47. The fraction of sp³-hybridized carbons (Fsp3) is 0.429. The van der Waals surface area contributed by atoms with Gasteiger partial charge in [-0.15, -0.1) is 10.2 Å². The molecule has 2 bridgehead atoms. The van der Waals surface area contributed by atoms with Crippen LogP contribution in [0.3, 0.4) is 0 Å². The summed E-state index contributed by atoms with van der Waals surface area (Å²) in [5, 5.41) is 16.5. The molecular weight excluding hydrogens is 364 g/mol. The van der Waals surface area contributed by atoms with Crippen LogP contribution < -0.4 is 16.0 Å². The molecule has 2 aliphatic heterocycles. The summed E-state index contributed by atoms with van der Waals surface area (Å²) in [7, 11) is 3.78. The molecule has 2 unspecified atom stereocenters. The Morgan fingerprint density at radius 1 is 1.03 bits per heavy atom. The van der Waals surface area contributed by atoms with E-state index in [1.165, 1.54) is 12.8 Å². The second kappa shape index (κ2) is 7.11. The Kier molecular flexibility index (Phi) is 4.43. The van der Waals surface area contributed by atoms with E-state index in [4.69, 9.17) is 10.7 Å². The van der Waals surface area contributed by atoms with Gasteiger partial charge in [-0.3, -0.25) is 4.68 Å². The lowest BCUT2D eigenvalue weighted by atomic mass is 9.98. The van der Waals surface area contributed by atoms with Crippen LogP contribution >= 0.6 is 0 Å². The van der Waals surface area contributed by atoms with E-state index < -0.39 is 0 Å². The van der Waals surface area contributed by atoms with Crippen molar-refractivity contribution in [3.05, 3.63) is 36.7 Å². The Bertz CT molecular complexity index is 998. The molecule has 5 heterocycles. The van der Waals surface area contributed by atoms with Gasteiger partial charge in [0.1, 0.15) is 11.5 Å². The number of pyridine rings is 1. The number of nitrogens with one attached hydrogen (secondary N) is 1. The molecule has 2 saturated heterocycles. The number of hydrogen-bond acceptors (Lipinski definition) is 7. The quantitative estimate of drug-likeness (QED) is 0.706. The SMILES string of the molecule is CNc1nc(-c2ccc(N3C4CCC3CC(N)C4)nn2)ccc1-c1cnn(C)c1. The third-order valence-electron chi connectivity index (χ3n) is 6.09. The Morgan fingerprint density at radius 2 is 1.79 bits per heavy atom. The van der Waals surface area contributed by atoms with Crippen LogP contribution in [0.25, 0.3) is 22.5 Å². The Balaban J connectivity index is 1.42. The van der Waals surface area contributed by atoms with Crippen molar-refractivity contribution in [3.8, 4) is 22.5 Å². The highest BCUT2D eigenvalue weighted by Gasteiger charge is 2.40. The molecule has 29 heavy (non-hydrogen) atoms. The third kappa shape index (κ3) is 3.23. The van der Waals surface area contributed by atoms with Crippen LogP contribution in [0.4, 0.5) is 11.6 Å². The van der Waals surface area contributed by atoms with Crippen molar-refractivity contribution in [1.82, 2.24) is 25.0 Å². The minimum absolute atomic E-state index is 0.318. The van der Waals surface area contributed by atoms with E-state index in [0.29, 0.717) is 18.1 Å². The molecule has 0 amide bonds. The van der Waals surface area contributed by atoms with Crippen molar-refractivity contribution < 1.29 is 0 Å². The number of anilines is 2. The first-order chi connectivity index (χ1) is 14.1. The van der Waals surface area contributed by atoms with Crippen molar-refractivity contribution in [1.29, 1.82) is 0 Å². The number of nitrogens with zero attached hydrogens (tertiary/aromatic N) is 6. The van der Waals surface area contributed by atoms with Crippen LogP contribution in [-0.2, 0) is 7.05 Å². The molecule has 2 fully saturated rings. The molecule has 3 N–H and O–H groups in total. The summed E-state index contributed by atoms with van der Waals surface area (Å²) in [4.78, 5) is 7.19. The highest BCUT2D eigenvalue weighted by Crippen LogP contribution is 2.38. The molecule has 0 saturated carbocycles. The van der Waals surface area contributed by atoms with Crippen molar-refractivity contribution in [2.75, 3.05) is 17.3 Å². The van der Waals surface area contributed by atoms with Gasteiger partial charge >= 0.3 is 0 Å². The first kappa shape index (κ1) is 18.1. The number of nitrogens with two attached hydrogens (primary N) is 1. The summed E-state index contributed by atoms with van der Waals surface area (Å²) < 4.78 is 1.79. The van der Waals surface area contributed by atoms with Crippen LogP contribution in [0.5, 0.6) is 0 Å². The zero-order valence-corrected chi connectivity index (χ0v) is 16.8. The number of hydrogen-bond donors (Lipinski definition) is 2. The van der Waals surface area contributed by atoms with E-state index in [0.717, 1.165) is 47.0 Å². The molecule has 0 spiro atoms. The van der Waals surface area contributed by atoms with Crippen molar-refractivity contribution >= 4 is 11.6 Å². The fourth-order valence-electron chi connectivity index (χ4n) is 4.78. The monoisotopic (exact) mass is 390 g/mol. The van der Waals surface area contributed by atoms with Gasteiger partial charge in [-0.1, -0.05) is 0 Å². The molecule has 0 radical (unpaired) electrons. The second-order valence-electron chi connectivity index (χ2n) is 8.05. The largest absolute Gasteiger partial charge is 0.373 e. The second-order valence-corrected chi connectivity index (χ2v) is 8.05. The van der Waals surface area contributed by atoms with Gasteiger partial charge in [-0.2, -0.15) is 5.10 Å². The summed E-state index contributed by atoms with van der Waals surface area (Å²) in [5.74, 6) is 1.75. The topological polar surface area (TPSA) is 97.8 Å². The molecule has 5 rings (SSSR count). The van der Waals surface area contributed by atoms with Gasteiger partial charge in [0.05, 0.1) is 11.9 Å². The highest BCUT2D eigenvalue weighted by molar-refractivity contribution is 5.76. The van der Waals surface area contributed by atoms with Gasteiger partial charge in [0.25, 0.3) is 0 Å². The third-order valence-corrected chi connectivity index (χ3v) is 6.09. The highest BCUT2D eigenvalue weighted by atomic mass is 15.3. The Hall–Kier alpha value is -3.00. The maximum absolute atomic E-state index is 6.20. The van der Waals surface area contributed by atoms with Crippen molar-refractivity contribution in [2.24, 2.45) is 12.8 Å². The summed E-state index contributed by atoms with van der Waals surface area (Å²) in [6, 6.07) is 9.43. The Labute approximate surface area is 170 Å². The van der Waals surface area contributed by atoms with Gasteiger partial charge in [0, 0.05) is 49.5 Å². The maximum atomic E-state index is 6.20. The lowest BCUT2D eigenvalue weighted by molar-refractivity contribution is 0.411. The van der Waals surface area contributed by atoms with Crippen LogP contribution in [0.2, 0.25) is 0 Å². The molecule has 0 aromatic carbocycles. The number of aromatic nitrogens is 5. The van der Waals surface area contributed by atoms with Crippen molar-refractivity contribution in [2.45, 2.75) is 43.8 Å². The zero-order valence-electron chi connectivity index (χ0n) is 16.8. The zero-order chi connectivity index (χ0) is 20.0. The van der Waals surface area contributed by atoms with Crippen molar-refractivity contribution in [3.63, 3.8) is 0 Å². The molecule has 2 atom stereocenters. The molecule has 2 aliphatic rings. The van der Waals surface area contributed by atoms with Crippen LogP contribution in [0.1, 0.15) is 25.7 Å². The molecule has 150 valence electrons. The number of aryl methyl sites for hydroxylation is 1. The smallest absolute Gasteiger partial charge is 0.151 e. The summed E-state index contributed by atoms with van der Waals surface area (Å²) in [6.07, 6.45) is 8.30. The van der Waals surface area contributed by atoms with E-state index in [1.807, 2.05) is 44.7 Å². The van der Waals surface area contributed by atoms with Gasteiger partial charge in [-0.05, 0) is 49.9 Å². The van der Waals surface area contributed by atoms with Crippen LogP contribution in [-0.4, -0.2) is 50.1 Å². The van der Waals surface area contributed by atoms with Gasteiger partial charge in [-0.25, -0.2) is 4.98 Å². The number of piperidine rings is 1. The first-order valence-corrected chi connectivity index (χ1v) is 10.2. The van der Waals surface area contributed by atoms with Gasteiger partial charge in [0.2, 0.25) is 0 Å². The fourth-order valence-corrected chi connectivity index (χ4v) is 4.78. The molecule has 3 aromatic rings. The Morgan fingerprint density at radius 3 is 2.41 bits per heavy atom. The van der Waals surface area contributed by atoms with Gasteiger partial charge < -0.3 is 16.0 Å². The normalized spacial score (nSPS) is 23.4. The lowest BCUT2D eigenvalue weighted by Gasteiger charge is -2.38. The van der Waals surface area contributed by atoms with E-state index in [-0.39, 0.29) is 0 Å². The van der Waals surface area contributed by atoms with Crippen LogP contribution in [0.15, 0.2) is 36.7 Å². The molecule has 8 nitrogen and oxygen atoms in total. The van der Waals surface area contributed by atoms with E-state index in [1.54, 1.807) is 4.68 Å². The molecule has 0 aliphatic carbocycles. The number of fused-ring (bicyclic) bond motifs is 2. The minimum Gasteiger partial charge on any atom is -0.373 e. The molecule has 3 aromatic heterocycles. The van der Waals surface area contributed by atoms with E-state index in [2.05, 4.69) is 31.6 Å². The summed E-state index contributed by atoms with van der Waals surface area (Å²) >= 11 is 0. The summed E-state index contributed by atoms with van der Waals surface area (Å²) in [6.45, 7) is 0. The summed E-state index contributed by atoms with van der Waals surface area (Å²) in [5.41, 5.74) is 9.79. The maximum Gasteiger partial charge on any atom is 0.151 e. The first-order valence-electron chi connectivity index (χ1n) is 10.2. The predicted octanol–water partition coefficient (Wildman–Crippen LogP) is 2.44. The molecule has 8 heteroatoms. The van der Waals surface area contributed by atoms with Gasteiger partial charge in [0.15, 0.2) is 5.82 Å².